The van der Waals surface area contributed by atoms with Gasteiger partial charge in [-0.15, -0.1) is 0 Å². The van der Waals surface area contributed by atoms with E-state index >= 15 is 0 Å². The van der Waals surface area contributed by atoms with Crippen molar-refractivity contribution >= 4 is 12.1 Å². The second kappa shape index (κ2) is 8.41. The van der Waals surface area contributed by atoms with E-state index in [0.29, 0.717) is 24.5 Å². The van der Waals surface area contributed by atoms with Gasteiger partial charge < -0.3 is 19.1 Å². The van der Waals surface area contributed by atoms with Crippen molar-refractivity contribution in [1.29, 1.82) is 0 Å². The largest absolute Gasteiger partial charge is 0.493 e. The van der Waals surface area contributed by atoms with E-state index < -0.39 is 5.60 Å². The maximum absolute atomic E-state index is 12.7. The lowest BCUT2D eigenvalue weighted by Crippen LogP contribution is -2.48. The number of ether oxygens (including phenoxy) is 3. The molecule has 1 fully saturated rings. The Morgan fingerprint density at radius 2 is 1.68 bits per heavy atom. The first-order valence-corrected chi connectivity index (χ1v) is 9.73. The molecule has 1 aliphatic heterocycles. The van der Waals surface area contributed by atoms with Crippen LogP contribution < -0.4 is 4.74 Å². The van der Waals surface area contributed by atoms with E-state index in [0.717, 1.165) is 6.42 Å². The van der Waals surface area contributed by atoms with Crippen molar-refractivity contribution in [3.8, 4) is 5.75 Å². The number of amides is 1. The number of likely N-dealkylation sites (tertiary alicyclic amines) is 1. The van der Waals surface area contributed by atoms with Crippen LogP contribution in [-0.4, -0.2) is 48.9 Å². The topological polar surface area (TPSA) is 65.1 Å². The highest BCUT2D eigenvalue weighted by atomic mass is 16.6. The van der Waals surface area contributed by atoms with Gasteiger partial charge in [-0.1, -0.05) is 20.8 Å². The van der Waals surface area contributed by atoms with E-state index in [-0.39, 0.29) is 29.4 Å². The molecule has 1 aliphatic rings. The Kier molecular flexibility index (Phi) is 6.63. The van der Waals surface area contributed by atoms with E-state index in [1.165, 1.54) is 7.11 Å². The molecule has 28 heavy (non-hydrogen) atoms. The number of rotatable bonds is 4. The van der Waals surface area contributed by atoms with Crippen molar-refractivity contribution in [2.45, 2.75) is 59.6 Å². The first-order chi connectivity index (χ1) is 12.9. The number of esters is 1. The van der Waals surface area contributed by atoms with E-state index in [1.807, 2.05) is 25.7 Å². The summed E-state index contributed by atoms with van der Waals surface area (Å²) in [6.07, 6.45) is 0.596. The van der Waals surface area contributed by atoms with Crippen LogP contribution in [0.4, 0.5) is 4.79 Å². The lowest BCUT2D eigenvalue weighted by molar-refractivity contribution is 0.00538. The summed E-state index contributed by atoms with van der Waals surface area (Å²) in [6, 6.07) is 6.92. The van der Waals surface area contributed by atoms with Crippen LogP contribution in [0.15, 0.2) is 24.3 Å². The molecule has 2 rings (SSSR count). The molecular formula is C22H33NO5. The van der Waals surface area contributed by atoms with Crippen LogP contribution in [0.5, 0.6) is 5.75 Å². The van der Waals surface area contributed by atoms with Crippen LogP contribution in [0.25, 0.3) is 0 Å². The second-order valence-electron chi connectivity index (χ2n) is 9.36. The quantitative estimate of drug-likeness (QED) is 0.706. The summed E-state index contributed by atoms with van der Waals surface area (Å²) >= 11 is 0. The molecule has 0 aromatic heterocycles. The van der Waals surface area contributed by atoms with Gasteiger partial charge in [0.15, 0.2) is 0 Å². The molecule has 1 unspecified atom stereocenters. The van der Waals surface area contributed by atoms with Gasteiger partial charge in [-0.2, -0.15) is 0 Å². The number of nitrogens with zero attached hydrogens (tertiary/aromatic N) is 1. The van der Waals surface area contributed by atoms with Crippen LogP contribution in [0.1, 0.15) is 58.3 Å². The third kappa shape index (κ3) is 5.63. The van der Waals surface area contributed by atoms with Crippen LogP contribution >= 0.6 is 0 Å². The highest BCUT2D eigenvalue weighted by molar-refractivity contribution is 5.89. The zero-order valence-corrected chi connectivity index (χ0v) is 18.1. The Hall–Kier alpha value is -2.24. The molecule has 0 radical (unpaired) electrons. The van der Waals surface area contributed by atoms with E-state index in [1.54, 1.807) is 24.3 Å². The van der Waals surface area contributed by atoms with Crippen molar-refractivity contribution < 1.29 is 23.8 Å². The number of hydrogen-bond acceptors (Lipinski definition) is 5. The maximum atomic E-state index is 12.7. The molecule has 0 N–H and O–H groups in total. The average molecular weight is 392 g/mol. The zero-order chi connectivity index (χ0) is 21.1. The third-order valence-electron chi connectivity index (χ3n) is 4.78. The molecule has 1 aromatic rings. The number of carbonyl (C=O) groups is 2. The van der Waals surface area contributed by atoms with Gasteiger partial charge in [-0.05, 0) is 56.9 Å². The summed E-state index contributed by atoms with van der Waals surface area (Å²) in [5.74, 6) is 0.520. The van der Waals surface area contributed by atoms with E-state index in [9.17, 15) is 9.59 Å². The van der Waals surface area contributed by atoms with Crippen LogP contribution in [0.2, 0.25) is 0 Å². The smallest absolute Gasteiger partial charge is 0.410 e. The van der Waals surface area contributed by atoms with E-state index in [2.05, 4.69) is 20.8 Å². The molecular weight excluding hydrogens is 358 g/mol. The summed E-state index contributed by atoms with van der Waals surface area (Å²) in [5, 5.41) is 0. The summed E-state index contributed by atoms with van der Waals surface area (Å²) in [7, 11) is 1.36. The van der Waals surface area contributed by atoms with Crippen LogP contribution in [0.3, 0.4) is 0 Å². The van der Waals surface area contributed by atoms with Gasteiger partial charge in [0, 0.05) is 18.5 Å². The molecule has 0 aliphatic carbocycles. The Labute approximate surface area is 168 Å². The predicted octanol–water partition coefficient (Wildman–Crippen LogP) is 4.52. The van der Waals surface area contributed by atoms with Gasteiger partial charge in [0.2, 0.25) is 0 Å². The molecule has 1 aromatic carbocycles. The number of carbonyl (C=O) groups excluding carboxylic acids is 2. The van der Waals surface area contributed by atoms with Crippen molar-refractivity contribution in [3.05, 3.63) is 29.8 Å². The maximum Gasteiger partial charge on any atom is 0.410 e. The van der Waals surface area contributed by atoms with Gasteiger partial charge in [-0.3, -0.25) is 0 Å². The first kappa shape index (κ1) is 22.1. The lowest BCUT2D eigenvalue weighted by Gasteiger charge is -2.38. The molecule has 2 atom stereocenters. The van der Waals surface area contributed by atoms with E-state index in [4.69, 9.17) is 14.2 Å². The molecule has 0 spiro atoms. The van der Waals surface area contributed by atoms with Crippen molar-refractivity contribution in [2.24, 2.45) is 11.3 Å². The normalized spacial score (nSPS) is 20.0. The molecule has 0 bridgehead atoms. The Balaban J connectivity index is 2.06. The molecule has 156 valence electrons. The summed E-state index contributed by atoms with van der Waals surface area (Å²) in [6.45, 7) is 13.2. The van der Waals surface area contributed by atoms with Crippen LogP contribution in [0, 0.1) is 11.3 Å². The Bertz CT molecular complexity index is 684. The minimum absolute atomic E-state index is 0.0247. The molecule has 1 amide bonds. The number of benzene rings is 1. The number of methoxy groups -OCH3 is 1. The third-order valence-corrected chi connectivity index (χ3v) is 4.78. The SMILES string of the molecule is COC(=O)c1ccc(OCC2CCN(C(=O)OC(C)(C)C)[C@H]2C(C)(C)C)cc1. The standard InChI is InChI=1S/C22H33NO5/c1-21(2,3)18-16(12-13-23(18)20(25)28-22(4,5)6)14-27-17-10-8-15(9-11-17)19(24)26-7/h8-11,16,18H,12-14H2,1-7H3/t16?,18-/m1/s1. The second-order valence-corrected chi connectivity index (χ2v) is 9.36. The Morgan fingerprint density at radius 1 is 1.07 bits per heavy atom. The van der Waals surface area contributed by atoms with Gasteiger partial charge in [0.05, 0.1) is 19.3 Å². The lowest BCUT2D eigenvalue weighted by atomic mass is 9.80. The molecule has 1 heterocycles. The van der Waals surface area contributed by atoms with Gasteiger partial charge in [0.1, 0.15) is 11.4 Å². The average Bonchev–Trinajstić information content (AvgIpc) is 3.03. The fraction of sp³-hybridized carbons (Fsp3) is 0.636. The van der Waals surface area contributed by atoms with Gasteiger partial charge in [-0.25, -0.2) is 9.59 Å². The first-order valence-electron chi connectivity index (χ1n) is 9.73. The summed E-state index contributed by atoms with van der Waals surface area (Å²) in [4.78, 5) is 26.1. The summed E-state index contributed by atoms with van der Waals surface area (Å²) in [5.41, 5.74) is -0.134. The number of hydrogen-bond donors (Lipinski definition) is 0. The monoisotopic (exact) mass is 391 g/mol. The van der Waals surface area contributed by atoms with Crippen molar-refractivity contribution in [2.75, 3.05) is 20.3 Å². The fourth-order valence-corrected chi connectivity index (χ4v) is 3.74. The molecule has 0 saturated carbocycles. The minimum atomic E-state index is -0.518. The fourth-order valence-electron chi connectivity index (χ4n) is 3.74. The van der Waals surface area contributed by atoms with Gasteiger partial charge in [0.25, 0.3) is 0 Å². The van der Waals surface area contributed by atoms with Crippen LogP contribution in [-0.2, 0) is 9.47 Å². The molecule has 6 heteroatoms. The Morgan fingerprint density at radius 3 is 2.18 bits per heavy atom. The van der Waals surface area contributed by atoms with Crippen molar-refractivity contribution in [3.63, 3.8) is 0 Å². The zero-order valence-electron chi connectivity index (χ0n) is 18.1. The predicted molar refractivity (Wildman–Crippen MR) is 108 cm³/mol. The van der Waals surface area contributed by atoms with Gasteiger partial charge >= 0.3 is 12.1 Å². The minimum Gasteiger partial charge on any atom is -0.493 e. The molecule has 1 saturated heterocycles. The summed E-state index contributed by atoms with van der Waals surface area (Å²) < 4.78 is 16.3. The highest BCUT2D eigenvalue weighted by Gasteiger charge is 2.45. The highest BCUT2D eigenvalue weighted by Crippen LogP contribution is 2.38. The molecule has 6 nitrogen and oxygen atoms in total. The van der Waals surface area contributed by atoms with Crippen molar-refractivity contribution in [1.82, 2.24) is 4.90 Å².